The maximum Gasteiger partial charge on any atom is 0.271 e. The lowest BCUT2D eigenvalue weighted by atomic mass is 9.95. The Bertz CT molecular complexity index is 958. The van der Waals surface area contributed by atoms with E-state index in [1.165, 1.54) is 30.6 Å². The number of nitrogens with zero attached hydrogens (tertiary/aromatic N) is 3. The lowest BCUT2D eigenvalue weighted by Crippen LogP contribution is -2.74. The first-order valence-electron chi connectivity index (χ1n) is 8.22. The Morgan fingerprint density at radius 3 is 2.83 bits per heavy atom. The zero-order chi connectivity index (χ0) is 16.7. The van der Waals surface area contributed by atoms with Crippen LogP contribution in [-0.2, 0) is 0 Å². The zero-order valence-electron chi connectivity index (χ0n) is 13.5. The van der Waals surface area contributed by atoms with E-state index in [0.717, 1.165) is 34.2 Å². The molecule has 0 saturated heterocycles. The maximum absolute atomic E-state index is 13.0. The van der Waals surface area contributed by atoms with Crippen LogP contribution in [0.15, 0.2) is 17.3 Å². The zero-order valence-corrected chi connectivity index (χ0v) is 14.3. The minimum absolute atomic E-state index is 0.0199. The van der Waals surface area contributed by atoms with E-state index in [1.54, 1.807) is 24.1 Å². The number of thiophene rings is 1. The minimum Gasteiger partial charge on any atom is -0.383 e. The van der Waals surface area contributed by atoms with Crippen LogP contribution in [0.25, 0.3) is 20.4 Å². The Labute approximate surface area is 142 Å². The van der Waals surface area contributed by atoms with Crippen molar-refractivity contribution in [2.24, 2.45) is 0 Å². The molecule has 8 heteroatoms. The fraction of sp³-hybridized carbons (Fsp3) is 0.438. The van der Waals surface area contributed by atoms with E-state index in [0.29, 0.717) is 15.9 Å². The third-order valence-electron chi connectivity index (χ3n) is 4.82. The number of fused-ring (bicyclic) bond motifs is 3. The molecule has 4 rings (SSSR count). The maximum atomic E-state index is 13.0. The topological polar surface area (TPSA) is 96.7 Å². The van der Waals surface area contributed by atoms with Gasteiger partial charge in [0.15, 0.2) is 0 Å². The van der Waals surface area contributed by atoms with Crippen molar-refractivity contribution >= 4 is 43.1 Å². The van der Waals surface area contributed by atoms with Gasteiger partial charge < -0.3 is 5.32 Å². The van der Waals surface area contributed by atoms with Gasteiger partial charge in [-0.3, -0.25) is 9.36 Å². The molecule has 3 aromatic rings. The number of nitrogens with one attached hydrogen (secondary N) is 1. The summed E-state index contributed by atoms with van der Waals surface area (Å²) < 4.78 is 2.44. The molecule has 1 saturated carbocycles. The Hall–Kier alpha value is -2.03. The first kappa shape index (κ1) is 15.5. The summed E-state index contributed by atoms with van der Waals surface area (Å²) in [6.45, 7) is 0. The summed E-state index contributed by atoms with van der Waals surface area (Å²) in [6, 6.07) is 0.256. The van der Waals surface area contributed by atoms with Gasteiger partial charge in [-0.15, -0.1) is 11.3 Å². The highest BCUT2D eigenvalue weighted by Gasteiger charge is 2.22. The molecular weight excluding hydrogens is 326 g/mol. The van der Waals surface area contributed by atoms with Gasteiger partial charge in [-0.2, -0.15) is 5.48 Å². The molecule has 0 unspecified atom stereocenters. The van der Waals surface area contributed by atoms with Crippen LogP contribution in [0.5, 0.6) is 0 Å². The van der Waals surface area contributed by atoms with E-state index in [1.807, 2.05) is 0 Å². The van der Waals surface area contributed by atoms with Gasteiger partial charge in [0.25, 0.3) is 5.56 Å². The molecule has 1 aliphatic carbocycles. The molecule has 0 bridgehead atoms. The number of anilines is 1. The third kappa shape index (κ3) is 2.29. The van der Waals surface area contributed by atoms with Crippen molar-refractivity contribution in [1.29, 1.82) is 0 Å². The van der Waals surface area contributed by atoms with E-state index >= 15 is 0 Å². The van der Waals surface area contributed by atoms with Gasteiger partial charge in [0, 0.05) is 13.1 Å². The predicted molar refractivity (Wildman–Crippen MR) is 94.2 cm³/mol. The highest BCUT2D eigenvalue weighted by atomic mass is 32.1. The SMILES string of the molecule is CNc1c([NH2+]O)cnc2sc3c(=O)n(C4CCCCC4)cnc3c12. The molecule has 0 spiro atoms. The molecule has 1 fully saturated rings. The molecule has 0 radical (unpaired) electrons. The van der Waals surface area contributed by atoms with Crippen molar-refractivity contribution in [3.63, 3.8) is 0 Å². The Balaban J connectivity index is 1.97. The van der Waals surface area contributed by atoms with E-state index in [-0.39, 0.29) is 11.6 Å². The van der Waals surface area contributed by atoms with E-state index in [2.05, 4.69) is 15.3 Å². The average molecular weight is 346 g/mol. The standard InChI is InChI=1S/C16H19N5O2S/c1-17-12-10(20-23)7-18-15-11(12)13-14(24-15)16(22)21(8-19-13)9-5-3-2-4-6-9/h7-9,20,23H,2-6H2,1H3,(H,17,18)/p+1. The highest BCUT2D eigenvalue weighted by Crippen LogP contribution is 2.37. The minimum atomic E-state index is 0.0199. The van der Waals surface area contributed by atoms with Gasteiger partial charge in [-0.25, -0.2) is 15.2 Å². The number of quaternary nitrogens is 1. The van der Waals surface area contributed by atoms with Gasteiger partial charge in [0.2, 0.25) is 5.69 Å². The Morgan fingerprint density at radius 1 is 1.33 bits per heavy atom. The molecule has 0 atom stereocenters. The van der Waals surface area contributed by atoms with Crippen molar-refractivity contribution in [1.82, 2.24) is 14.5 Å². The molecular formula is C16H20N5O2S+. The second-order valence-electron chi connectivity index (χ2n) is 6.18. The molecule has 1 aliphatic rings. The summed E-state index contributed by atoms with van der Waals surface area (Å²) in [7, 11) is 1.79. The van der Waals surface area contributed by atoms with E-state index in [4.69, 9.17) is 0 Å². The normalized spacial score (nSPS) is 16.1. The smallest absolute Gasteiger partial charge is 0.271 e. The Morgan fingerprint density at radius 2 is 2.12 bits per heavy atom. The van der Waals surface area contributed by atoms with Gasteiger partial charge in [0.05, 0.1) is 17.9 Å². The fourth-order valence-corrected chi connectivity index (χ4v) is 4.65. The number of rotatable bonds is 3. The monoisotopic (exact) mass is 346 g/mol. The quantitative estimate of drug-likeness (QED) is 0.631. The van der Waals surface area contributed by atoms with Crippen molar-refractivity contribution in [2.75, 3.05) is 12.4 Å². The van der Waals surface area contributed by atoms with Crippen molar-refractivity contribution < 1.29 is 10.7 Å². The van der Waals surface area contributed by atoms with Crippen LogP contribution < -0.4 is 16.4 Å². The van der Waals surface area contributed by atoms with Crippen molar-refractivity contribution in [3.05, 3.63) is 22.9 Å². The lowest BCUT2D eigenvalue weighted by Gasteiger charge is -2.23. The largest absolute Gasteiger partial charge is 0.383 e. The molecule has 126 valence electrons. The number of hydrogen-bond acceptors (Lipinski definition) is 6. The molecule has 3 heterocycles. The second-order valence-corrected chi connectivity index (χ2v) is 7.18. The predicted octanol–water partition coefficient (Wildman–Crippen LogP) is 2.14. The van der Waals surface area contributed by atoms with E-state index < -0.39 is 0 Å². The lowest BCUT2D eigenvalue weighted by molar-refractivity contribution is -0.825. The first-order valence-corrected chi connectivity index (χ1v) is 9.03. The van der Waals surface area contributed by atoms with Gasteiger partial charge in [-0.05, 0) is 12.8 Å². The van der Waals surface area contributed by atoms with Gasteiger partial charge in [-0.1, -0.05) is 19.3 Å². The number of aromatic nitrogens is 3. The Kier molecular flexibility index (Phi) is 3.95. The molecule has 3 aromatic heterocycles. The molecule has 0 aromatic carbocycles. The van der Waals surface area contributed by atoms with Gasteiger partial charge >= 0.3 is 0 Å². The second kappa shape index (κ2) is 6.12. The summed E-state index contributed by atoms with van der Waals surface area (Å²) in [5.41, 5.74) is 3.03. The molecule has 7 nitrogen and oxygen atoms in total. The molecule has 0 aliphatic heterocycles. The molecule has 4 N–H and O–H groups in total. The van der Waals surface area contributed by atoms with E-state index in [9.17, 15) is 10.0 Å². The van der Waals surface area contributed by atoms with Gasteiger partial charge in [0.1, 0.15) is 20.7 Å². The van der Waals surface area contributed by atoms with Crippen molar-refractivity contribution in [3.8, 4) is 0 Å². The highest BCUT2D eigenvalue weighted by molar-refractivity contribution is 7.25. The summed E-state index contributed by atoms with van der Waals surface area (Å²) in [5.74, 6) is 0. The first-order chi connectivity index (χ1) is 11.7. The molecule has 0 amide bonds. The summed E-state index contributed by atoms with van der Waals surface area (Å²) >= 11 is 1.37. The number of pyridine rings is 1. The van der Waals surface area contributed by atoms with Crippen LogP contribution in [0.4, 0.5) is 11.4 Å². The van der Waals surface area contributed by atoms with Crippen LogP contribution >= 0.6 is 11.3 Å². The summed E-state index contributed by atoms with van der Waals surface area (Å²) in [6.07, 6.45) is 8.96. The van der Waals surface area contributed by atoms with Crippen LogP contribution in [0.3, 0.4) is 0 Å². The van der Waals surface area contributed by atoms with Crippen LogP contribution in [0.2, 0.25) is 0 Å². The number of nitrogens with two attached hydrogens (primary N) is 1. The average Bonchev–Trinajstić information content (AvgIpc) is 3.01. The summed E-state index contributed by atoms with van der Waals surface area (Å²) in [4.78, 5) is 22.7. The van der Waals surface area contributed by atoms with Crippen LogP contribution in [0, 0.1) is 0 Å². The third-order valence-corrected chi connectivity index (χ3v) is 5.90. The van der Waals surface area contributed by atoms with Crippen LogP contribution in [-0.4, -0.2) is 26.8 Å². The van der Waals surface area contributed by atoms with Crippen LogP contribution in [0.1, 0.15) is 38.1 Å². The summed E-state index contributed by atoms with van der Waals surface area (Å²) in [5, 5.41) is 13.3. The number of hydrogen-bond donors (Lipinski definition) is 3. The molecule has 24 heavy (non-hydrogen) atoms. The van der Waals surface area contributed by atoms with Crippen molar-refractivity contribution in [2.45, 2.75) is 38.1 Å². The fourth-order valence-electron chi connectivity index (χ4n) is 3.61.